The molecule has 0 heterocycles. The lowest BCUT2D eigenvalue weighted by molar-refractivity contribution is 0.107. The Bertz CT molecular complexity index is 304. The first-order valence-electron chi connectivity index (χ1n) is 4.99. The Kier molecular flexibility index (Phi) is 6.48. The summed E-state index contributed by atoms with van der Waals surface area (Å²) in [7, 11) is -3.55. The normalized spacial score (nSPS) is 13.8. The van der Waals surface area contributed by atoms with E-state index in [2.05, 4.69) is 4.72 Å². The highest BCUT2D eigenvalue weighted by Crippen LogP contribution is 2.12. The maximum absolute atomic E-state index is 11.1. The number of sulfonamides is 1. The average Bonchev–Trinajstić information content (AvgIpc) is 2.17. The third kappa shape index (κ3) is 5.72. The van der Waals surface area contributed by atoms with E-state index in [1.54, 1.807) is 6.07 Å². The number of aliphatic hydroxyl groups excluding tert-OH is 1. The molecule has 0 saturated heterocycles. The molecule has 1 unspecified atom stereocenters. The van der Waals surface area contributed by atoms with Crippen LogP contribution in [0.15, 0.2) is 0 Å². The molecular formula is C9H18N2O3S. The van der Waals surface area contributed by atoms with Crippen LogP contribution in [0.3, 0.4) is 0 Å². The lowest BCUT2D eigenvalue weighted by Crippen LogP contribution is -2.36. The second-order valence-electron chi connectivity index (χ2n) is 3.41. The SMILES string of the molecule is CCC(CC)C(O)CNS(=O)(=O)CC#N. The molecule has 0 aromatic carbocycles. The summed E-state index contributed by atoms with van der Waals surface area (Å²) in [5, 5.41) is 17.9. The van der Waals surface area contributed by atoms with Crippen LogP contribution in [0.5, 0.6) is 0 Å². The van der Waals surface area contributed by atoms with Gasteiger partial charge in [-0.1, -0.05) is 26.7 Å². The highest BCUT2D eigenvalue weighted by atomic mass is 32.2. The molecule has 0 aliphatic rings. The van der Waals surface area contributed by atoms with Gasteiger partial charge in [0, 0.05) is 6.54 Å². The third-order valence-electron chi connectivity index (χ3n) is 2.36. The molecule has 0 aromatic rings. The molecule has 0 aromatic heterocycles. The van der Waals surface area contributed by atoms with Crippen molar-refractivity contribution in [2.75, 3.05) is 12.3 Å². The highest BCUT2D eigenvalue weighted by molar-refractivity contribution is 7.89. The Balaban J connectivity index is 4.11. The molecule has 88 valence electrons. The van der Waals surface area contributed by atoms with Gasteiger partial charge in [-0.3, -0.25) is 0 Å². The molecule has 0 aliphatic heterocycles. The molecule has 0 rings (SSSR count). The molecular weight excluding hydrogens is 216 g/mol. The number of hydrogen-bond donors (Lipinski definition) is 2. The van der Waals surface area contributed by atoms with Gasteiger partial charge in [-0.05, 0) is 5.92 Å². The van der Waals surface area contributed by atoms with Crippen LogP contribution in [0, 0.1) is 17.2 Å². The topological polar surface area (TPSA) is 90.2 Å². The van der Waals surface area contributed by atoms with E-state index >= 15 is 0 Å². The molecule has 0 aliphatic carbocycles. The second-order valence-corrected chi connectivity index (χ2v) is 5.22. The summed E-state index contributed by atoms with van der Waals surface area (Å²) >= 11 is 0. The van der Waals surface area contributed by atoms with Crippen LogP contribution in [-0.2, 0) is 10.0 Å². The van der Waals surface area contributed by atoms with E-state index in [-0.39, 0.29) is 12.5 Å². The van der Waals surface area contributed by atoms with Crippen molar-refractivity contribution in [1.82, 2.24) is 4.72 Å². The van der Waals surface area contributed by atoms with Crippen LogP contribution >= 0.6 is 0 Å². The van der Waals surface area contributed by atoms with E-state index in [0.717, 1.165) is 12.8 Å². The Morgan fingerprint density at radius 2 is 1.93 bits per heavy atom. The van der Waals surface area contributed by atoms with Crippen molar-refractivity contribution < 1.29 is 13.5 Å². The molecule has 0 saturated carbocycles. The van der Waals surface area contributed by atoms with Gasteiger partial charge in [-0.2, -0.15) is 5.26 Å². The Morgan fingerprint density at radius 1 is 1.40 bits per heavy atom. The van der Waals surface area contributed by atoms with Crippen molar-refractivity contribution in [2.24, 2.45) is 5.92 Å². The maximum atomic E-state index is 11.1. The van der Waals surface area contributed by atoms with Crippen LogP contribution in [0.4, 0.5) is 0 Å². The lowest BCUT2D eigenvalue weighted by atomic mass is 9.97. The number of nitrogens with zero attached hydrogens (tertiary/aromatic N) is 1. The zero-order valence-electron chi connectivity index (χ0n) is 9.10. The minimum Gasteiger partial charge on any atom is -0.391 e. The highest BCUT2D eigenvalue weighted by Gasteiger charge is 2.18. The van der Waals surface area contributed by atoms with Crippen molar-refractivity contribution >= 4 is 10.0 Å². The molecule has 0 amide bonds. The second kappa shape index (κ2) is 6.77. The van der Waals surface area contributed by atoms with Gasteiger partial charge in [-0.25, -0.2) is 13.1 Å². The van der Waals surface area contributed by atoms with Crippen molar-refractivity contribution in [3.05, 3.63) is 0 Å². The number of rotatable bonds is 7. The van der Waals surface area contributed by atoms with Gasteiger partial charge in [0.15, 0.2) is 5.75 Å². The van der Waals surface area contributed by atoms with E-state index < -0.39 is 21.9 Å². The molecule has 5 nitrogen and oxygen atoms in total. The van der Waals surface area contributed by atoms with E-state index in [9.17, 15) is 13.5 Å². The van der Waals surface area contributed by atoms with E-state index in [1.807, 2.05) is 13.8 Å². The van der Waals surface area contributed by atoms with Gasteiger partial charge in [0.05, 0.1) is 12.2 Å². The van der Waals surface area contributed by atoms with Gasteiger partial charge in [-0.15, -0.1) is 0 Å². The summed E-state index contributed by atoms with van der Waals surface area (Å²) in [5.41, 5.74) is 0. The van der Waals surface area contributed by atoms with Crippen LogP contribution < -0.4 is 4.72 Å². The van der Waals surface area contributed by atoms with Gasteiger partial charge in [0.25, 0.3) is 0 Å². The van der Waals surface area contributed by atoms with Gasteiger partial charge in [0.1, 0.15) is 0 Å². The van der Waals surface area contributed by atoms with E-state index in [1.165, 1.54) is 0 Å². The molecule has 0 fully saturated rings. The Labute approximate surface area is 91.2 Å². The van der Waals surface area contributed by atoms with E-state index in [4.69, 9.17) is 5.26 Å². The third-order valence-corrected chi connectivity index (χ3v) is 3.48. The summed E-state index contributed by atoms with van der Waals surface area (Å²) in [6.07, 6.45) is 0.920. The first-order chi connectivity index (χ1) is 6.96. The molecule has 0 radical (unpaired) electrons. The fourth-order valence-corrected chi connectivity index (χ4v) is 2.04. The minimum atomic E-state index is -3.55. The average molecular weight is 234 g/mol. The quantitative estimate of drug-likeness (QED) is 0.659. The van der Waals surface area contributed by atoms with Crippen molar-refractivity contribution in [3.63, 3.8) is 0 Å². The summed E-state index contributed by atoms with van der Waals surface area (Å²) in [6.45, 7) is 3.87. The first kappa shape index (κ1) is 14.4. The molecule has 6 heteroatoms. The first-order valence-corrected chi connectivity index (χ1v) is 6.64. The van der Waals surface area contributed by atoms with Crippen LogP contribution in [0.25, 0.3) is 0 Å². The predicted molar refractivity (Wildman–Crippen MR) is 57.5 cm³/mol. The number of nitriles is 1. The summed E-state index contributed by atoms with van der Waals surface area (Å²) in [5.74, 6) is -0.474. The Hall–Kier alpha value is -0.640. The van der Waals surface area contributed by atoms with Crippen molar-refractivity contribution in [3.8, 4) is 6.07 Å². The van der Waals surface area contributed by atoms with Crippen LogP contribution in [0.1, 0.15) is 26.7 Å². The molecule has 15 heavy (non-hydrogen) atoms. The lowest BCUT2D eigenvalue weighted by Gasteiger charge is -2.19. The van der Waals surface area contributed by atoms with Gasteiger partial charge < -0.3 is 5.11 Å². The van der Waals surface area contributed by atoms with Gasteiger partial charge >= 0.3 is 0 Å². The number of hydrogen-bond acceptors (Lipinski definition) is 4. The van der Waals surface area contributed by atoms with Gasteiger partial charge in [0.2, 0.25) is 10.0 Å². The zero-order valence-corrected chi connectivity index (χ0v) is 9.92. The molecule has 0 spiro atoms. The largest absolute Gasteiger partial charge is 0.391 e. The number of nitrogens with one attached hydrogen (secondary N) is 1. The zero-order chi connectivity index (χ0) is 11.9. The standard InChI is InChI=1S/C9H18N2O3S/c1-3-8(4-2)9(12)7-11-15(13,14)6-5-10/h8-9,11-12H,3-4,6-7H2,1-2H3. The van der Waals surface area contributed by atoms with E-state index in [0.29, 0.717) is 0 Å². The van der Waals surface area contributed by atoms with Crippen LogP contribution in [-0.4, -0.2) is 31.9 Å². The van der Waals surface area contributed by atoms with Crippen LogP contribution in [0.2, 0.25) is 0 Å². The summed E-state index contributed by atoms with van der Waals surface area (Å²) in [6, 6.07) is 1.56. The fourth-order valence-electron chi connectivity index (χ4n) is 1.35. The minimum absolute atomic E-state index is 0.0175. The monoisotopic (exact) mass is 234 g/mol. The predicted octanol–water partition coefficient (Wildman–Crippen LogP) is 0.226. The van der Waals surface area contributed by atoms with Crippen molar-refractivity contribution in [2.45, 2.75) is 32.8 Å². The smallest absolute Gasteiger partial charge is 0.225 e. The fraction of sp³-hybridized carbons (Fsp3) is 0.889. The molecule has 1 atom stereocenters. The summed E-state index contributed by atoms with van der Waals surface area (Å²) < 4.78 is 24.4. The molecule has 0 bridgehead atoms. The Morgan fingerprint density at radius 3 is 2.33 bits per heavy atom. The molecule has 2 N–H and O–H groups in total. The number of aliphatic hydroxyl groups is 1. The maximum Gasteiger partial charge on any atom is 0.225 e. The summed E-state index contributed by atoms with van der Waals surface area (Å²) in [4.78, 5) is 0. The van der Waals surface area contributed by atoms with Crippen molar-refractivity contribution in [1.29, 1.82) is 5.26 Å².